The fraction of sp³-hybridized carbons (Fsp3) is 0.250. The van der Waals surface area contributed by atoms with E-state index < -0.39 is 42.1 Å². The average molecular weight is 390 g/mol. The number of hydrogen-bond donors (Lipinski definition) is 2. The third kappa shape index (κ3) is 5.60. The predicted octanol–water partition coefficient (Wildman–Crippen LogP) is 2.90. The molecule has 0 unspecified atom stereocenters. The van der Waals surface area contributed by atoms with Gasteiger partial charge in [-0.3, -0.25) is 9.59 Å². The van der Waals surface area contributed by atoms with Crippen molar-refractivity contribution in [2.45, 2.75) is 19.9 Å². The molecule has 28 heavy (non-hydrogen) atoms. The molecule has 0 saturated heterocycles. The molecule has 2 aromatic rings. The fourth-order valence-corrected chi connectivity index (χ4v) is 2.34. The van der Waals surface area contributed by atoms with E-state index in [1.165, 1.54) is 42.5 Å². The number of rotatable bonds is 7. The minimum absolute atomic E-state index is 0.0446. The largest absolute Gasteiger partial charge is 0.454 e. The topological polar surface area (TPSA) is 84.5 Å². The van der Waals surface area contributed by atoms with Crippen LogP contribution in [0.4, 0.5) is 14.5 Å². The van der Waals surface area contributed by atoms with Crippen molar-refractivity contribution in [1.82, 2.24) is 5.32 Å². The molecule has 0 heterocycles. The van der Waals surface area contributed by atoms with Crippen molar-refractivity contribution in [3.8, 4) is 0 Å². The van der Waals surface area contributed by atoms with Gasteiger partial charge >= 0.3 is 5.97 Å². The van der Waals surface area contributed by atoms with E-state index in [1.54, 1.807) is 13.8 Å². The molecule has 0 aliphatic carbocycles. The molecule has 0 fully saturated rings. The number of esters is 1. The van der Waals surface area contributed by atoms with Crippen molar-refractivity contribution in [3.05, 3.63) is 65.7 Å². The molecule has 0 bridgehead atoms. The highest BCUT2D eigenvalue weighted by Gasteiger charge is 2.27. The average Bonchev–Trinajstić information content (AvgIpc) is 2.66. The van der Waals surface area contributed by atoms with E-state index in [0.717, 1.165) is 6.07 Å². The smallest absolute Gasteiger partial charge is 0.329 e. The lowest BCUT2D eigenvalue weighted by molar-refractivity contribution is -0.150. The molecular formula is C20H20F2N2O4. The van der Waals surface area contributed by atoms with E-state index in [9.17, 15) is 23.2 Å². The Hall–Kier alpha value is -3.29. The van der Waals surface area contributed by atoms with Crippen molar-refractivity contribution in [2.75, 3.05) is 11.9 Å². The van der Waals surface area contributed by atoms with Gasteiger partial charge < -0.3 is 15.4 Å². The van der Waals surface area contributed by atoms with Crippen molar-refractivity contribution in [3.63, 3.8) is 0 Å². The molecule has 0 radical (unpaired) electrons. The second kappa shape index (κ2) is 9.59. The van der Waals surface area contributed by atoms with Gasteiger partial charge in [0.2, 0.25) is 0 Å². The Kier molecular flexibility index (Phi) is 7.20. The molecule has 0 aromatic heterocycles. The highest BCUT2D eigenvalue weighted by molar-refractivity contribution is 5.97. The SMILES string of the molecule is CC(C)[C@H](NC(=O)c1ccccc1F)C(=O)OCC(=O)Nc1ccccc1F. The van der Waals surface area contributed by atoms with Crippen LogP contribution in [0.2, 0.25) is 0 Å². The Morgan fingerprint density at radius 2 is 1.57 bits per heavy atom. The lowest BCUT2D eigenvalue weighted by atomic mass is 10.0. The quantitative estimate of drug-likeness (QED) is 0.712. The lowest BCUT2D eigenvalue weighted by Gasteiger charge is -2.21. The Labute approximate surface area is 160 Å². The van der Waals surface area contributed by atoms with Gasteiger partial charge in [0.25, 0.3) is 11.8 Å². The van der Waals surface area contributed by atoms with Crippen LogP contribution in [0.15, 0.2) is 48.5 Å². The van der Waals surface area contributed by atoms with E-state index in [-0.39, 0.29) is 17.2 Å². The van der Waals surface area contributed by atoms with Gasteiger partial charge in [0.15, 0.2) is 6.61 Å². The summed E-state index contributed by atoms with van der Waals surface area (Å²) in [7, 11) is 0. The van der Waals surface area contributed by atoms with Crippen LogP contribution in [0.3, 0.4) is 0 Å². The normalized spacial score (nSPS) is 11.6. The minimum Gasteiger partial charge on any atom is -0.454 e. The van der Waals surface area contributed by atoms with Gasteiger partial charge in [-0.25, -0.2) is 13.6 Å². The molecule has 6 nitrogen and oxygen atoms in total. The first kappa shape index (κ1) is 21.0. The minimum atomic E-state index is -1.09. The number of amides is 2. The number of hydrogen-bond acceptors (Lipinski definition) is 4. The van der Waals surface area contributed by atoms with Crippen LogP contribution < -0.4 is 10.6 Å². The Morgan fingerprint density at radius 3 is 2.18 bits per heavy atom. The van der Waals surface area contributed by atoms with Crippen LogP contribution in [0.25, 0.3) is 0 Å². The highest BCUT2D eigenvalue weighted by atomic mass is 19.1. The van der Waals surface area contributed by atoms with E-state index in [0.29, 0.717) is 0 Å². The summed E-state index contributed by atoms with van der Waals surface area (Å²) in [5, 5.41) is 4.69. The highest BCUT2D eigenvalue weighted by Crippen LogP contribution is 2.13. The van der Waals surface area contributed by atoms with Crippen LogP contribution in [0.1, 0.15) is 24.2 Å². The number of halogens is 2. The van der Waals surface area contributed by atoms with Gasteiger partial charge in [-0.05, 0) is 30.2 Å². The van der Waals surface area contributed by atoms with Crippen LogP contribution in [0, 0.1) is 17.6 Å². The second-order valence-corrected chi connectivity index (χ2v) is 6.31. The maximum Gasteiger partial charge on any atom is 0.329 e. The maximum atomic E-state index is 13.7. The molecule has 148 valence electrons. The van der Waals surface area contributed by atoms with Gasteiger partial charge in [-0.15, -0.1) is 0 Å². The molecule has 0 aliphatic heterocycles. The van der Waals surface area contributed by atoms with Gasteiger partial charge in [0.05, 0.1) is 11.3 Å². The zero-order valence-corrected chi connectivity index (χ0v) is 15.4. The predicted molar refractivity (Wildman–Crippen MR) is 98.5 cm³/mol. The number of benzene rings is 2. The first-order valence-corrected chi connectivity index (χ1v) is 8.56. The first-order valence-electron chi connectivity index (χ1n) is 8.56. The van der Waals surface area contributed by atoms with Gasteiger partial charge in [0.1, 0.15) is 17.7 Å². The Balaban J connectivity index is 1.95. The molecule has 2 amide bonds. The van der Waals surface area contributed by atoms with Crippen LogP contribution in [-0.2, 0) is 14.3 Å². The molecular weight excluding hydrogens is 370 g/mol. The van der Waals surface area contributed by atoms with E-state index >= 15 is 0 Å². The van der Waals surface area contributed by atoms with Gasteiger partial charge in [-0.2, -0.15) is 0 Å². The van der Waals surface area contributed by atoms with Crippen molar-refractivity contribution in [2.24, 2.45) is 5.92 Å². The third-order valence-electron chi connectivity index (χ3n) is 3.82. The Bertz CT molecular complexity index is 871. The molecule has 0 spiro atoms. The Morgan fingerprint density at radius 1 is 0.964 bits per heavy atom. The molecule has 8 heteroatoms. The zero-order valence-electron chi connectivity index (χ0n) is 15.4. The van der Waals surface area contributed by atoms with Crippen molar-refractivity contribution in [1.29, 1.82) is 0 Å². The molecule has 2 N–H and O–H groups in total. The number of nitrogens with one attached hydrogen (secondary N) is 2. The van der Waals surface area contributed by atoms with E-state index in [1.807, 2.05) is 0 Å². The summed E-state index contributed by atoms with van der Waals surface area (Å²) in [5.74, 6) is -4.09. The molecule has 2 rings (SSSR count). The van der Waals surface area contributed by atoms with E-state index in [2.05, 4.69) is 10.6 Å². The number of ether oxygens (including phenoxy) is 1. The maximum absolute atomic E-state index is 13.7. The fourth-order valence-electron chi connectivity index (χ4n) is 2.34. The van der Waals surface area contributed by atoms with Crippen molar-refractivity contribution < 1.29 is 27.9 Å². The van der Waals surface area contributed by atoms with Gasteiger partial charge in [0, 0.05) is 0 Å². The summed E-state index contributed by atoms with van der Waals surface area (Å²) in [6.07, 6.45) is 0. The van der Waals surface area contributed by atoms with Crippen LogP contribution in [0.5, 0.6) is 0 Å². The monoisotopic (exact) mass is 390 g/mol. The molecule has 0 aliphatic rings. The number of carbonyl (C=O) groups excluding carboxylic acids is 3. The first-order chi connectivity index (χ1) is 13.3. The van der Waals surface area contributed by atoms with Crippen LogP contribution >= 0.6 is 0 Å². The summed E-state index contributed by atoms with van der Waals surface area (Å²) in [5.41, 5.74) is -0.255. The summed E-state index contributed by atoms with van der Waals surface area (Å²) < 4.78 is 32.2. The standard InChI is InChI=1S/C20H20F2N2O4/c1-12(2)18(24-19(26)13-7-3-4-8-14(13)21)20(27)28-11-17(25)23-16-10-6-5-9-15(16)22/h3-10,12,18H,11H2,1-2H3,(H,23,25)(H,24,26)/t18-/m0/s1. The van der Waals surface area contributed by atoms with Crippen LogP contribution in [-0.4, -0.2) is 30.4 Å². The zero-order chi connectivity index (χ0) is 20.7. The molecule has 0 saturated carbocycles. The number of anilines is 1. The summed E-state index contributed by atoms with van der Waals surface area (Å²) in [6.45, 7) is 2.66. The molecule has 1 atom stereocenters. The summed E-state index contributed by atoms with van der Waals surface area (Å²) in [4.78, 5) is 36.4. The third-order valence-corrected chi connectivity index (χ3v) is 3.82. The van der Waals surface area contributed by atoms with E-state index in [4.69, 9.17) is 4.74 Å². The summed E-state index contributed by atoms with van der Waals surface area (Å²) in [6, 6.07) is 9.81. The number of carbonyl (C=O) groups is 3. The summed E-state index contributed by atoms with van der Waals surface area (Å²) >= 11 is 0. The second-order valence-electron chi connectivity index (χ2n) is 6.31. The molecule has 2 aromatic carbocycles. The number of para-hydroxylation sites is 1. The lowest BCUT2D eigenvalue weighted by Crippen LogP contribution is -2.46. The van der Waals surface area contributed by atoms with Crippen molar-refractivity contribution >= 4 is 23.5 Å². The van der Waals surface area contributed by atoms with Gasteiger partial charge in [-0.1, -0.05) is 38.1 Å².